The van der Waals surface area contributed by atoms with E-state index in [1.165, 1.54) is 37.7 Å². The van der Waals surface area contributed by atoms with Crippen molar-refractivity contribution in [1.29, 1.82) is 0 Å². The van der Waals surface area contributed by atoms with Crippen LogP contribution in [0.25, 0.3) is 0 Å². The zero-order valence-electron chi connectivity index (χ0n) is 9.81. The molecule has 1 N–H and O–H groups in total. The van der Waals surface area contributed by atoms with Crippen LogP contribution in [0.4, 0.5) is 0 Å². The molecule has 14 heavy (non-hydrogen) atoms. The zero-order valence-corrected chi connectivity index (χ0v) is 9.81. The molecule has 0 bridgehead atoms. The highest BCUT2D eigenvalue weighted by Gasteiger charge is 2.21. The minimum Gasteiger partial charge on any atom is -0.314 e. The van der Waals surface area contributed by atoms with Gasteiger partial charge in [-0.1, -0.05) is 38.8 Å². The van der Waals surface area contributed by atoms with E-state index >= 15 is 0 Å². The van der Waals surface area contributed by atoms with Gasteiger partial charge in [0.15, 0.2) is 0 Å². The third-order valence-corrected chi connectivity index (χ3v) is 3.35. The molecule has 0 aromatic rings. The van der Waals surface area contributed by atoms with Crippen molar-refractivity contribution in [2.75, 3.05) is 6.54 Å². The number of hydrogen-bond acceptors (Lipinski definition) is 1. The van der Waals surface area contributed by atoms with Gasteiger partial charge in [0, 0.05) is 6.04 Å². The van der Waals surface area contributed by atoms with Crippen molar-refractivity contribution in [2.24, 2.45) is 5.92 Å². The lowest BCUT2D eigenvalue weighted by Gasteiger charge is -2.30. The Bertz CT molecular complexity index is 172. The van der Waals surface area contributed by atoms with Crippen LogP contribution in [0.3, 0.4) is 0 Å². The normalized spacial score (nSPS) is 27.6. The van der Waals surface area contributed by atoms with E-state index in [9.17, 15) is 0 Å². The summed E-state index contributed by atoms with van der Waals surface area (Å²) < 4.78 is 0. The third-order valence-electron chi connectivity index (χ3n) is 3.35. The van der Waals surface area contributed by atoms with Crippen LogP contribution < -0.4 is 5.32 Å². The SMILES string of the molecule is C=C(CC)CC1CCCC(NCC)C1. The summed E-state index contributed by atoms with van der Waals surface area (Å²) in [5, 5.41) is 3.58. The van der Waals surface area contributed by atoms with Crippen molar-refractivity contribution in [3.05, 3.63) is 12.2 Å². The molecule has 0 amide bonds. The predicted molar refractivity (Wildman–Crippen MR) is 63.5 cm³/mol. The van der Waals surface area contributed by atoms with Gasteiger partial charge in [-0.3, -0.25) is 0 Å². The van der Waals surface area contributed by atoms with Gasteiger partial charge in [-0.05, 0) is 38.1 Å². The highest BCUT2D eigenvalue weighted by molar-refractivity contribution is 4.96. The van der Waals surface area contributed by atoms with E-state index in [-0.39, 0.29) is 0 Å². The molecule has 82 valence electrons. The molecule has 0 aliphatic heterocycles. The highest BCUT2D eigenvalue weighted by Crippen LogP contribution is 2.29. The molecule has 0 radical (unpaired) electrons. The third kappa shape index (κ3) is 3.83. The number of hydrogen-bond donors (Lipinski definition) is 1. The molecule has 1 rings (SSSR count). The lowest BCUT2D eigenvalue weighted by atomic mass is 9.82. The van der Waals surface area contributed by atoms with Crippen LogP contribution in [0.1, 0.15) is 52.4 Å². The lowest BCUT2D eigenvalue weighted by molar-refractivity contribution is 0.286. The van der Waals surface area contributed by atoms with Gasteiger partial charge in [-0.25, -0.2) is 0 Å². The molecule has 0 aromatic carbocycles. The Morgan fingerprint density at radius 2 is 2.14 bits per heavy atom. The first-order chi connectivity index (χ1) is 6.76. The van der Waals surface area contributed by atoms with Crippen LogP contribution in [0.2, 0.25) is 0 Å². The topological polar surface area (TPSA) is 12.0 Å². The van der Waals surface area contributed by atoms with Gasteiger partial charge in [0.1, 0.15) is 0 Å². The summed E-state index contributed by atoms with van der Waals surface area (Å²) in [6.45, 7) is 9.65. The first-order valence-corrected chi connectivity index (χ1v) is 6.16. The molecule has 1 saturated carbocycles. The minimum atomic E-state index is 0.781. The Hall–Kier alpha value is -0.300. The second kappa shape index (κ2) is 6.23. The van der Waals surface area contributed by atoms with Crippen LogP contribution in [-0.4, -0.2) is 12.6 Å². The number of nitrogens with one attached hydrogen (secondary N) is 1. The molecule has 1 fully saturated rings. The highest BCUT2D eigenvalue weighted by atomic mass is 14.9. The monoisotopic (exact) mass is 195 g/mol. The van der Waals surface area contributed by atoms with Crippen molar-refractivity contribution >= 4 is 0 Å². The summed E-state index contributed by atoms with van der Waals surface area (Å²) >= 11 is 0. The zero-order chi connectivity index (χ0) is 10.4. The Morgan fingerprint density at radius 3 is 2.79 bits per heavy atom. The maximum Gasteiger partial charge on any atom is 0.00696 e. The number of allylic oxidation sites excluding steroid dienone is 1. The van der Waals surface area contributed by atoms with Gasteiger partial charge >= 0.3 is 0 Å². The van der Waals surface area contributed by atoms with E-state index < -0.39 is 0 Å². The molecule has 1 aliphatic carbocycles. The molecular weight excluding hydrogens is 170 g/mol. The predicted octanol–water partition coefficient (Wildman–Crippen LogP) is 3.51. The molecule has 1 aliphatic rings. The number of rotatable bonds is 5. The van der Waals surface area contributed by atoms with E-state index in [0.29, 0.717) is 0 Å². The van der Waals surface area contributed by atoms with Gasteiger partial charge in [0.25, 0.3) is 0 Å². The summed E-state index contributed by atoms with van der Waals surface area (Å²) in [6, 6.07) is 0.781. The second-order valence-corrected chi connectivity index (χ2v) is 4.59. The summed E-state index contributed by atoms with van der Waals surface area (Å²) in [7, 11) is 0. The average molecular weight is 195 g/mol. The van der Waals surface area contributed by atoms with E-state index in [2.05, 4.69) is 25.7 Å². The van der Waals surface area contributed by atoms with Crippen LogP contribution in [-0.2, 0) is 0 Å². The average Bonchev–Trinajstić information content (AvgIpc) is 2.19. The largest absolute Gasteiger partial charge is 0.314 e. The van der Waals surface area contributed by atoms with Crippen LogP contribution in [0.5, 0.6) is 0 Å². The van der Waals surface area contributed by atoms with Crippen molar-refractivity contribution in [2.45, 2.75) is 58.4 Å². The smallest absolute Gasteiger partial charge is 0.00696 e. The van der Waals surface area contributed by atoms with E-state index in [0.717, 1.165) is 24.9 Å². The van der Waals surface area contributed by atoms with E-state index in [1.54, 1.807) is 0 Å². The molecule has 1 heteroatoms. The van der Waals surface area contributed by atoms with E-state index in [1.807, 2.05) is 0 Å². The van der Waals surface area contributed by atoms with Crippen molar-refractivity contribution in [3.63, 3.8) is 0 Å². The fraction of sp³-hybridized carbons (Fsp3) is 0.846. The van der Waals surface area contributed by atoms with Gasteiger partial charge in [-0.2, -0.15) is 0 Å². The minimum absolute atomic E-state index is 0.781. The van der Waals surface area contributed by atoms with Gasteiger partial charge < -0.3 is 5.32 Å². The van der Waals surface area contributed by atoms with Gasteiger partial charge in [-0.15, -0.1) is 0 Å². The lowest BCUT2D eigenvalue weighted by Crippen LogP contribution is -2.34. The van der Waals surface area contributed by atoms with Crippen molar-refractivity contribution in [3.8, 4) is 0 Å². The van der Waals surface area contributed by atoms with Crippen molar-refractivity contribution in [1.82, 2.24) is 5.32 Å². The molecule has 0 aromatic heterocycles. The Morgan fingerprint density at radius 1 is 1.36 bits per heavy atom. The molecule has 0 spiro atoms. The molecule has 0 saturated heterocycles. The second-order valence-electron chi connectivity index (χ2n) is 4.59. The quantitative estimate of drug-likeness (QED) is 0.662. The molecule has 2 unspecified atom stereocenters. The first-order valence-electron chi connectivity index (χ1n) is 6.16. The molecule has 1 nitrogen and oxygen atoms in total. The molecule has 2 atom stereocenters. The van der Waals surface area contributed by atoms with E-state index in [4.69, 9.17) is 0 Å². The summed E-state index contributed by atoms with van der Waals surface area (Å²) in [5.41, 5.74) is 1.44. The summed E-state index contributed by atoms with van der Waals surface area (Å²) in [4.78, 5) is 0. The first kappa shape index (κ1) is 11.8. The van der Waals surface area contributed by atoms with Crippen molar-refractivity contribution < 1.29 is 0 Å². The summed E-state index contributed by atoms with van der Waals surface area (Å²) in [6.07, 6.45) is 7.98. The maximum atomic E-state index is 4.12. The molecular formula is C13H25N. The van der Waals surface area contributed by atoms with Gasteiger partial charge in [0.05, 0.1) is 0 Å². The standard InChI is InChI=1S/C13H25N/c1-4-11(3)9-12-7-6-8-13(10-12)14-5-2/h12-14H,3-10H2,1-2H3. The van der Waals surface area contributed by atoms with Crippen LogP contribution in [0, 0.1) is 5.92 Å². The van der Waals surface area contributed by atoms with Gasteiger partial charge in [0.2, 0.25) is 0 Å². The molecule has 0 heterocycles. The van der Waals surface area contributed by atoms with Crippen LogP contribution >= 0.6 is 0 Å². The maximum absolute atomic E-state index is 4.12. The fourth-order valence-electron chi connectivity index (χ4n) is 2.50. The fourth-order valence-corrected chi connectivity index (χ4v) is 2.50. The Kier molecular flexibility index (Phi) is 5.24. The Labute approximate surface area is 89.0 Å². The van der Waals surface area contributed by atoms with Crippen LogP contribution in [0.15, 0.2) is 12.2 Å². The summed E-state index contributed by atoms with van der Waals surface area (Å²) in [5.74, 6) is 0.903. The Balaban J connectivity index is 2.28.